The Kier molecular flexibility index (Phi) is 3.39. The number of primary amides is 1. The number of benzene rings is 1. The summed E-state index contributed by atoms with van der Waals surface area (Å²) in [6.07, 6.45) is 6.37. The number of fused-ring (bicyclic) bond motifs is 1. The first-order valence-electron chi connectivity index (χ1n) is 6.40. The molecular formula is C16H13N3O2. The third-order valence-corrected chi connectivity index (χ3v) is 2.94. The maximum atomic E-state index is 10.8. The van der Waals surface area contributed by atoms with Crippen LogP contribution in [0.15, 0.2) is 54.9 Å². The van der Waals surface area contributed by atoms with Crippen LogP contribution in [0, 0.1) is 0 Å². The molecule has 0 aliphatic carbocycles. The fraction of sp³-hybridized carbons (Fsp3) is 0. The smallest absolute Gasteiger partial charge is 0.241 e. The average Bonchev–Trinajstić information content (AvgIpc) is 2.88. The van der Waals surface area contributed by atoms with Gasteiger partial charge >= 0.3 is 0 Å². The zero-order valence-corrected chi connectivity index (χ0v) is 11.1. The Bertz CT molecular complexity index is 807. The maximum absolute atomic E-state index is 10.8. The Labute approximate surface area is 121 Å². The molecule has 0 unspecified atom stereocenters. The number of carbonyl (C=O) groups excluding carboxylic acids is 1. The molecule has 21 heavy (non-hydrogen) atoms. The van der Waals surface area contributed by atoms with Crippen LogP contribution >= 0.6 is 0 Å². The number of hydrogen-bond donors (Lipinski definition) is 2. The molecule has 0 spiro atoms. The predicted molar refractivity (Wildman–Crippen MR) is 80.8 cm³/mol. The zero-order chi connectivity index (χ0) is 14.7. The molecule has 2 aromatic heterocycles. The summed E-state index contributed by atoms with van der Waals surface area (Å²) >= 11 is 0. The van der Waals surface area contributed by atoms with Crippen molar-refractivity contribution in [2.75, 3.05) is 0 Å². The van der Waals surface area contributed by atoms with Crippen LogP contribution in [0.2, 0.25) is 0 Å². The molecule has 0 saturated heterocycles. The van der Waals surface area contributed by atoms with Crippen molar-refractivity contribution >= 4 is 23.0 Å². The van der Waals surface area contributed by atoms with E-state index in [-0.39, 0.29) is 0 Å². The minimum absolute atomic E-state index is 0.492. The lowest BCUT2D eigenvalue weighted by molar-refractivity contribution is -0.113. The van der Waals surface area contributed by atoms with Crippen molar-refractivity contribution in [3.05, 3.63) is 60.4 Å². The van der Waals surface area contributed by atoms with Gasteiger partial charge in [0.1, 0.15) is 17.1 Å². The minimum Gasteiger partial charge on any atom is -0.456 e. The molecule has 0 bridgehead atoms. The second kappa shape index (κ2) is 5.50. The molecule has 5 nitrogen and oxygen atoms in total. The summed E-state index contributed by atoms with van der Waals surface area (Å²) in [4.78, 5) is 18.2. The second-order valence-electron chi connectivity index (χ2n) is 4.46. The quantitative estimate of drug-likeness (QED) is 0.720. The molecule has 2 heterocycles. The third-order valence-electron chi connectivity index (χ3n) is 2.94. The molecule has 0 radical (unpaired) electrons. The van der Waals surface area contributed by atoms with E-state index in [1.54, 1.807) is 18.5 Å². The molecule has 3 aromatic rings. The Morgan fingerprint density at radius 2 is 2.05 bits per heavy atom. The van der Waals surface area contributed by atoms with Gasteiger partial charge in [0.25, 0.3) is 0 Å². The van der Waals surface area contributed by atoms with Crippen LogP contribution in [0.4, 0.5) is 0 Å². The maximum Gasteiger partial charge on any atom is 0.241 e. The number of para-hydroxylation sites is 1. The molecule has 3 rings (SSSR count). The number of nitrogens with one attached hydrogen (secondary N) is 1. The van der Waals surface area contributed by atoms with E-state index < -0.39 is 5.91 Å². The van der Waals surface area contributed by atoms with Gasteiger partial charge in [-0.05, 0) is 24.3 Å². The Balaban J connectivity index is 1.95. The van der Waals surface area contributed by atoms with Crippen LogP contribution in [-0.4, -0.2) is 15.9 Å². The van der Waals surface area contributed by atoms with Gasteiger partial charge in [-0.3, -0.25) is 4.79 Å². The third kappa shape index (κ3) is 2.92. The van der Waals surface area contributed by atoms with Gasteiger partial charge in [-0.1, -0.05) is 18.2 Å². The number of carbonyl (C=O) groups is 1. The lowest BCUT2D eigenvalue weighted by Gasteiger charge is -2.04. The van der Waals surface area contributed by atoms with Crippen molar-refractivity contribution < 1.29 is 9.53 Å². The first-order chi connectivity index (χ1) is 10.2. The number of amides is 1. The fourth-order valence-corrected chi connectivity index (χ4v) is 1.99. The van der Waals surface area contributed by atoms with Crippen LogP contribution in [0.25, 0.3) is 17.1 Å². The molecule has 1 aromatic carbocycles. The highest BCUT2D eigenvalue weighted by Crippen LogP contribution is 2.26. The van der Waals surface area contributed by atoms with Gasteiger partial charge in [-0.25, -0.2) is 4.98 Å². The molecule has 5 heteroatoms. The van der Waals surface area contributed by atoms with E-state index in [9.17, 15) is 4.79 Å². The first-order valence-corrected chi connectivity index (χ1v) is 6.40. The standard InChI is InChI=1S/C16H13N3O2/c17-15(20)7-6-11-9-18-16-14(11)8-13(10-19-16)21-12-4-2-1-3-5-12/h1-10H,(H2,17,20)(H,18,19). The Morgan fingerprint density at radius 1 is 1.24 bits per heavy atom. The molecule has 3 N–H and O–H groups in total. The van der Waals surface area contributed by atoms with Crippen molar-refractivity contribution in [3.8, 4) is 11.5 Å². The monoisotopic (exact) mass is 279 g/mol. The number of pyridine rings is 1. The van der Waals surface area contributed by atoms with E-state index in [1.807, 2.05) is 36.4 Å². The Morgan fingerprint density at radius 3 is 2.81 bits per heavy atom. The lowest BCUT2D eigenvalue weighted by atomic mass is 10.2. The van der Waals surface area contributed by atoms with Crippen molar-refractivity contribution in [3.63, 3.8) is 0 Å². The summed E-state index contributed by atoms with van der Waals surface area (Å²) in [7, 11) is 0. The van der Waals surface area contributed by atoms with Gasteiger partial charge in [-0.2, -0.15) is 0 Å². The average molecular weight is 279 g/mol. The number of nitrogens with zero attached hydrogens (tertiary/aromatic N) is 1. The van der Waals surface area contributed by atoms with Crippen LogP contribution in [-0.2, 0) is 4.79 Å². The summed E-state index contributed by atoms with van der Waals surface area (Å²) in [6, 6.07) is 11.3. The number of aromatic nitrogens is 2. The highest BCUT2D eigenvalue weighted by atomic mass is 16.5. The van der Waals surface area contributed by atoms with Crippen LogP contribution < -0.4 is 10.5 Å². The fourth-order valence-electron chi connectivity index (χ4n) is 1.99. The molecule has 0 aliphatic heterocycles. The highest BCUT2D eigenvalue weighted by Gasteiger charge is 2.05. The van der Waals surface area contributed by atoms with E-state index >= 15 is 0 Å². The van der Waals surface area contributed by atoms with Gasteiger partial charge < -0.3 is 15.5 Å². The van der Waals surface area contributed by atoms with Crippen molar-refractivity contribution in [1.82, 2.24) is 9.97 Å². The molecule has 0 aliphatic rings. The summed E-state index contributed by atoms with van der Waals surface area (Å²) < 4.78 is 5.74. The SMILES string of the molecule is NC(=O)C=Cc1c[nH]c2ncc(Oc3ccccc3)cc12. The number of rotatable bonds is 4. The van der Waals surface area contributed by atoms with E-state index in [0.29, 0.717) is 5.75 Å². The second-order valence-corrected chi connectivity index (χ2v) is 4.46. The molecule has 104 valence electrons. The van der Waals surface area contributed by atoms with Gasteiger partial charge in [0.2, 0.25) is 5.91 Å². The summed E-state index contributed by atoms with van der Waals surface area (Å²) in [5, 5.41) is 0.862. The largest absolute Gasteiger partial charge is 0.456 e. The van der Waals surface area contributed by atoms with Gasteiger partial charge in [0.05, 0.1) is 6.20 Å². The molecule has 0 saturated carbocycles. The molecule has 0 atom stereocenters. The Hall–Kier alpha value is -3.08. The predicted octanol–water partition coefficient (Wildman–Crippen LogP) is 2.85. The summed E-state index contributed by atoms with van der Waals surface area (Å²) in [6.45, 7) is 0. The number of aromatic amines is 1. The van der Waals surface area contributed by atoms with Gasteiger partial charge in [0, 0.05) is 23.2 Å². The highest BCUT2D eigenvalue weighted by molar-refractivity contribution is 5.94. The zero-order valence-electron chi connectivity index (χ0n) is 11.1. The normalized spacial score (nSPS) is 11.0. The molecular weight excluding hydrogens is 266 g/mol. The summed E-state index contributed by atoms with van der Waals surface area (Å²) in [5.74, 6) is 0.874. The first kappa shape index (κ1) is 12.9. The van der Waals surface area contributed by atoms with Crippen LogP contribution in [0.3, 0.4) is 0 Å². The van der Waals surface area contributed by atoms with Gasteiger partial charge in [-0.15, -0.1) is 0 Å². The van der Waals surface area contributed by atoms with Crippen molar-refractivity contribution in [1.29, 1.82) is 0 Å². The topological polar surface area (TPSA) is 81.0 Å². The minimum atomic E-state index is -0.492. The van der Waals surface area contributed by atoms with E-state index in [1.165, 1.54) is 6.08 Å². The van der Waals surface area contributed by atoms with E-state index in [0.717, 1.165) is 22.3 Å². The van der Waals surface area contributed by atoms with Crippen molar-refractivity contribution in [2.45, 2.75) is 0 Å². The number of hydrogen-bond acceptors (Lipinski definition) is 3. The van der Waals surface area contributed by atoms with Crippen molar-refractivity contribution in [2.24, 2.45) is 5.73 Å². The number of nitrogens with two attached hydrogens (primary N) is 1. The van der Waals surface area contributed by atoms with E-state index in [2.05, 4.69) is 9.97 Å². The lowest BCUT2D eigenvalue weighted by Crippen LogP contribution is -2.04. The molecule has 0 fully saturated rings. The molecule has 1 amide bonds. The number of ether oxygens (including phenoxy) is 1. The van der Waals surface area contributed by atoms with Crippen LogP contribution in [0.1, 0.15) is 5.56 Å². The summed E-state index contributed by atoms with van der Waals surface area (Å²) in [5.41, 5.74) is 6.66. The van der Waals surface area contributed by atoms with Crippen LogP contribution in [0.5, 0.6) is 11.5 Å². The number of H-pyrrole nitrogens is 1. The van der Waals surface area contributed by atoms with Gasteiger partial charge in [0.15, 0.2) is 0 Å². The van der Waals surface area contributed by atoms with E-state index in [4.69, 9.17) is 10.5 Å².